The lowest BCUT2D eigenvalue weighted by Crippen LogP contribution is -2.27. The molecule has 1 unspecified atom stereocenters. The Hall–Kier alpha value is -0.120. The standard InChI is InChI=1S/C10H22O3/c1-8(11)9(2)12-6-7-13-10(3,4)5/h8-9,11H,6-7H2,1-5H3/t8-,9?/m0/s1. The van der Waals surface area contributed by atoms with E-state index in [1.807, 2.05) is 27.7 Å². The van der Waals surface area contributed by atoms with Crippen molar-refractivity contribution >= 4 is 0 Å². The minimum Gasteiger partial charge on any atom is -0.391 e. The topological polar surface area (TPSA) is 38.7 Å². The van der Waals surface area contributed by atoms with Crippen molar-refractivity contribution in [1.82, 2.24) is 0 Å². The van der Waals surface area contributed by atoms with E-state index in [1.165, 1.54) is 0 Å². The van der Waals surface area contributed by atoms with Gasteiger partial charge < -0.3 is 14.6 Å². The SMILES string of the molecule is CC(OCCOC(C)(C)C)[C@H](C)O. The van der Waals surface area contributed by atoms with Crippen LogP contribution < -0.4 is 0 Å². The average molecular weight is 190 g/mol. The molecule has 3 heteroatoms. The van der Waals surface area contributed by atoms with Crippen molar-refractivity contribution in [2.45, 2.75) is 52.4 Å². The van der Waals surface area contributed by atoms with Crippen LogP contribution in [0, 0.1) is 0 Å². The molecule has 0 aromatic carbocycles. The van der Waals surface area contributed by atoms with Gasteiger partial charge in [-0.05, 0) is 34.6 Å². The fourth-order valence-corrected chi connectivity index (χ4v) is 0.721. The average Bonchev–Trinajstić information content (AvgIpc) is 1.95. The Kier molecular flexibility index (Phi) is 5.53. The largest absolute Gasteiger partial charge is 0.391 e. The summed E-state index contributed by atoms with van der Waals surface area (Å²) in [4.78, 5) is 0. The molecular weight excluding hydrogens is 168 g/mol. The van der Waals surface area contributed by atoms with Crippen LogP contribution in [0.2, 0.25) is 0 Å². The molecule has 0 rings (SSSR count). The molecule has 0 aliphatic rings. The Labute approximate surface area is 81.0 Å². The molecule has 0 fully saturated rings. The normalized spacial score (nSPS) is 17.1. The maximum Gasteiger partial charge on any atom is 0.0804 e. The van der Waals surface area contributed by atoms with E-state index >= 15 is 0 Å². The van der Waals surface area contributed by atoms with Gasteiger partial charge in [-0.1, -0.05) is 0 Å². The van der Waals surface area contributed by atoms with E-state index in [9.17, 15) is 0 Å². The molecule has 0 aliphatic carbocycles. The number of ether oxygens (including phenoxy) is 2. The van der Waals surface area contributed by atoms with Crippen molar-refractivity contribution in [3.05, 3.63) is 0 Å². The van der Waals surface area contributed by atoms with Crippen LogP contribution in [-0.2, 0) is 9.47 Å². The fourth-order valence-electron chi connectivity index (χ4n) is 0.721. The minimum atomic E-state index is -0.422. The van der Waals surface area contributed by atoms with E-state index in [1.54, 1.807) is 6.92 Å². The second-order valence-electron chi connectivity index (χ2n) is 4.28. The molecule has 0 aromatic rings. The Morgan fingerprint density at radius 1 is 1.15 bits per heavy atom. The third-order valence-corrected chi connectivity index (χ3v) is 1.68. The summed E-state index contributed by atoms with van der Waals surface area (Å²) in [6, 6.07) is 0. The van der Waals surface area contributed by atoms with Gasteiger partial charge in [-0.15, -0.1) is 0 Å². The van der Waals surface area contributed by atoms with Crippen molar-refractivity contribution < 1.29 is 14.6 Å². The lowest BCUT2D eigenvalue weighted by atomic mass is 10.2. The molecule has 0 saturated carbocycles. The van der Waals surface area contributed by atoms with Crippen LogP contribution in [0.5, 0.6) is 0 Å². The quantitative estimate of drug-likeness (QED) is 0.669. The molecule has 0 radical (unpaired) electrons. The van der Waals surface area contributed by atoms with Crippen LogP contribution in [0.25, 0.3) is 0 Å². The Balaban J connectivity index is 3.36. The first-order valence-electron chi connectivity index (χ1n) is 4.76. The van der Waals surface area contributed by atoms with Crippen molar-refractivity contribution in [3.8, 4) is 0 Å². The van der Waals surface area contributed by atoms with Gasteiger partial charge in [0.25, 0.3) is 0 Å². The monoisotopic (exact) mass is 190 g/mol. The smallest absolute Gasteiger partial charge is 0.0804 e. The van der Waals surface area contributed by atoms with Gasteiger partial charge in [0.15, 0.2) is 0 Å². The number of aliphatic hydroxyl groups is 1. The zero-order chi connectivity index (χ0) is 10.5. The van der Waals surface area contributed by atoms with Crippen LogP contribution in [0.1, 0.15) is 34.6 Å². The molecule has 0 aromatic heterocycles. The van der Waals surface area contributed by atoms with Crippen molar-refractivity contribution in [1.29, 1.82) is 0 Å². The summed E-state index contributed by atoms with van der Waals surface area (Å²) in [5, 5.41) is 9.11. The lowest BCUT2D eigenvalue weighted by molar-refractivity contribution is -0.0711. The van der Waals surface area contributed by atoms with Crippen LogP contribution >= 0.6 is 0 Å². The first kappa shape index (κ1) is 12.9. The van der Waals surface area contributed by atoms with Crippen LogP contribution in [0.4, 0.5) is 0 Å². The molecule has 0 aliphatic heterocycles. The zero-order valence-corrected chi connectivity index (χ0v) is 9.33. The second kappa shape index (κ2) is 5.58. The highest BCUT2D eigenvalue weighted by Gasteiger charge is 2.11. The van der Waals surface area contributed by atoms with E-state index in [-0.39, 0.29) is 11.7 Å². The van der Waals surface area contributed by atoms with Crippen molar-refractivity contribution in [2.75, 3.05) is 13.2 Å². The van der Waals surface area contributed by atoms with Gasteiger partial charge in [0.2, 0.25) is 0 Å². The van der Waals surface area contributed by atoms with E-state index in [2.05, 4.69) is 0 Å². The molecule has 1 N–H and O–H groups in total. The third kappa shape index (κ3) is 8.22. The molecule has 0 amide bonds. The van der Waals surface area contributed by atoms with E-state index in [4.69, 9.17) is 14.6 Å². The number of hydrogen-bond donors (Lipinski definition) is 1. The third-order valence-electron chi connectivity index (χ3n) is 1.68. The molecule has 80 valence electrons. The molecule has 0 saturated heterocycles. The Morgan fingerprint density at radius 3 is 2.08 bits per heavy atom. The first-order valence-corrected chi connectivity index (χ1v) is 4.76. The first-order chi connectivity index (χ1) is 5.83. The maximum absolute atomic E-state index is 9.11. The molecule has 0 heterocycles. The van der Waals surface area contributed by atoms with Gasteiger partial charge in [-0.25, -0.2) is 0 Å². The van der Waals surface area contributed by atoms with Gasteiger partial charge in [0.05, 0.1) is 31.0 Å². The molecule has 0 bridgehead atoms. The van der Waals surface area contributed by atoms with Crippen LogP contribution in [0.3, 0.4) is 0 Å². The summed E-state index contributed by atoms with van der Waals surface area (Å²) in [5.41, 5.74) is -0.114. The van der Waals surface area contributed by atoms with Crippen molar-refractivity contribution in [3.63, 3.8) is 0 Å². The summed E-state index contributed by atoms with van der Waals surface area (Å²) in [6.45, 7) is 10.7. The van der Waals surface area contributed by atoms with Crippen LogP contribution in [-0.4, -0.2) is 36.1 Å². The van der Waals surface area contributed by atoms with E-state index < -0.39 is 6.10 Å². The zero-order valence-electron chi connectivity index (χ0n) is 9.33. The highest BCUT2D eigenvalue weighted by atomic mass is 16.5. The van der Waals surface area contributed by atoms with Gasteiger partial charge in [-0.2, -0.15) is 0 Å². The summed E-state index contributed by atoms with van der Waals surface area (Å²) in [7, 11) is 0. The molecular formula is C10H22O3. The summed E-state index contributed by atoms with van der Waals surface area (Å²) < 4.78 is 10.8. The lowest BCUT2D eigenvalue weighted by Gasteiger charge is -2.21. The van der Waals surface area contributed by atoms with E-state index in [0.717, 1.165) is 0 Å². The Morgan fingerprint density at radius 2 is 1.69 bits per heavy atom. The summed E-state index contributed by atoms with van der Waals surface area (Å²) in [5.74, 6) is 0. The summed E-state index contributed by atoms with van der Waals surface area (Å²) >= 11 is 0. The van der Waals surface area contributed by atoms with Gasteiger partial charge >= 0.3 is 0 Å². The number of aliphatic hydroxyl groups excluding tert-OH is 1. The predicted octanol–water partition coefficient (Wildman–Crippen LogP) is 1.59. The highest BCUT2D eigenvalue weighted by Crippen LogP contribution is 2.06. The minimum absolute atomic E-state index is 0.114. The molecule has 3 nitrogen and oxygen atoms in total. The Bertz CT molecular complexity index is 127. The second-order valence-corrected chi connectivity index (χ2v) is 4.28. The predicted molar refractivity (Wildman–Crippen MR) is 52.8 cm³/mol. The fraction of sp³-hybridized carbons (Fsp3) is 1.00. The number of rotatable bonds is 5. The van der Waals surface area contributed by atoms with Gasteiger partial charge in [0.1, 0.15) is 0 Å². The van der Waals surface area contributed by atoms with Gasteiger partial charge in [-0.3, -0.25) is 0 Å². The van der Waals surface area contributed by atoms with E-state index in [0.29, 0.717) is 13.2 Å². The number of hydrogen-bond acceptors (Lipinski definition) is 3. The maximum atomic E-state index is 9.11. The highest BCUT2D eigenvalue weighted by molar-refractivity contribution is 4.59. The van der Waals surface area contributed by atoms with Crippen molar-refractivity contribution in [2.24, 2.45) is 0 Å². The molecule has 13 heavy (non-hydrogen) atoms. The van der Waals surface area contributed by atoms with Crippen LogP contribution in [0.15, 0.2) is 0 Å². The summed E-state index contributed by atoms with van der Waals surface area (Å²) in [6.07, 6.45) is -0.543. The molecule has 2 atom stereocenters. The molecule has 0 spiro atoms. The van der Waals surface area contributed by atoms with Gasteiger partial charge in [0, 0.05) is 0 Å².